The highest BCUT2D eigenvalue weighted by molar-refractivity contribution is 9.10. The highest BCUT2D eigenvalue weighted by atomic mass is 79.9. The van der Waals surface area contributed by atoms with E-state index < -0.39 is 11.4 Å². The summed E-state index contributed by atoms with van der Waals surface area (Å²) < 4.78 is 6.16. The average molecular weight is 327 g/mol. The van der Waals surface area contributed by atoms with Crippen molar-refractivity contribution in [3.63, 3.8) is 0 Å². The van der Waals surface area contributed by atoms with Crippen molar-refractivity contribution in [2.75, 3.05) is 7.11 Å². The van der Waals surface area contributed by atoms with Gasteiger partial charge in [-0.25, -0.2) is 0 Å². The molecule has 0 aromatic heterocycles. The summed E-state index contributed by atoms with van der Waals surface area (Å²) in [6, 6.07) is 4.00. The molecule has 0 unspecified atom stereocenters. The summed E-state index contributed by atoms with van der Waals surface area (Å²) in [6.07, 6.45) is 2.37. The van der Waals surface area contributed by atoms with Crippen molar-refractivity contribution in [3.8, 4) is 5.75 Å². The quantitative estimate of drug-likeness (QED) is 0.906. The van der Waals surface area contributed by atoms with Gasteiger partial charge in [-0.3, -0.25) is 4.79 Å². The van der Waals surface area contributed by atoms with Gasteiger partial charge in [0.15, 0.2) is 0 Å². The van der Waals surface area contributed by atoms with Crippen LogP contribution in [0.1, 0.15) is 50.2 Å². The number of carboxylic acid groups (broad SMARTS) is 1. The van der Waals surface area contributed by atoms with E-state index in [0.29, 0.717) is 24.5 Å². The van der Waals surface area contributed by atoms with Gasteiger partial charge in [0.05, 0.1) is 17.0 Å². The Labute approximate surface area is 122 Å². The minimum atomic E-state index is -0.739. The molecule has 1 N–H and O–H groups in total. The molecule has 0 radical (unpaired) electrons. The molecule has 3 nitrogen and oxygen atoms in total. The van der Waals surface area contributed by atoms with Gasteiger partial charge in [0.1, 0.15) is 5.75 Å². The van der Waals surface area contributed by atoms with Crippen LogP contribution in [0.4, 0.5) is 0 Å². The number of ether oxygens (including phenoxy) is 1. The number of carbonyl (C=O) groups is 1. The third-order valence-corrected chi connectivity index (χ3v) is 4.90. The van der Waals surface area contributed by atoms with E-state index in [1.165, 1.54) is 0 Å². The minimum absolute atomic E-state index is 0.340. The van der Waals surface area contributed by atoms with Crippen LogP contribution in [0.5, 0.6) is 5.75 Å². The standard InChI is InChI=1S/C15H19BrO3/c1-9(2)10-7-11(13(16)12(8-10)19-3)15(14(17)18)5-4-6-15/h7-9H,4-6H2,1-3H3,(H,17,18). The van der Waals surface area contributed by atoms with E-state index in [4.69, 9.17) is 4.74 Å². The van der Waals surface area contributed by atoms with Gasteiger partial charge in [0, 0.05) is 0 Å². The molecule has 0 bridgehead atoms. The van der Waals surface area contributed by atoms with Crippen LogP contribution in [0.15, 0.2) is 16.6 Å². The fraction of sp³-hybridized carbons (Fsp3) is 0.533. The molecule has 0 atom stereocenters. The first-order valence-electron chi connectivity index (χ1n) is 6.53. The van der Waals surface area contributed by atoms with Crippen LogP contribution in [0.25, 0.3) is 0 Å². The smallest absolute Gasteiger partial charge is 0.314 e. The Morgan fingerprint density at radius 2 is 2.05 bits per heavy atom. The zero-order chi connectivity index (χ0) is 14.2. The van der Waals surface area contributed by atoms with E-state index in [0.717, 1.165) is 22.0 Å². The molecule has 104 valence electrons. The summed E-state index contributed by atoms with van der Waals surface area (Å²) in [5, 5.41) is 9.59. The molecular weight excluding hydrogens is 308 g/mol. The van der Waals surface area contributed by atoms with Crippen LogP contribution >= 0.6 is 15.9 Å². The van der Waals surface area contributed by atoms with E-state index in [1.807, 2.05) is 12.1 Å². The van der Waals surface area contributed by atoms with E-state index in [1.54, 1.807) is 7.11 Å². The average Bonchev–Trinajstić information content (AvgIpc) is 2.28. The van der Waals surface area contributed by atoms with Gasteiger partial charge < -0.3 is 9.84 Å². The Morgan fingerprint density at radius 3 is 2.42 bits per heavy atom. The predicted molar refractivity (Wildman–Crippen MR) is 77.9 cm³/mol. The summed E-state index contributed by atoms with van der Waals surface area (Å²) in [7, 11) is 1.61. The van der Waals surface area contributed by atoms with Crippen LogP contribution in [0.3, 0.4) is 0 Å². The summed E-state index contributed by atoms with van der Waals surface area (Å²) in [5.41, 5.74) is 1.23. The van der Waals surface area contributed by atoms with Crippen molar-refractivity contribution in [1.82, 2.24) is 0 Å². The number of methoxy groups -OCH3 is 1. The Kier molecular flexibility index (Phi) is 3.90. The molecule has 4 heteroatoms. The lowest BCUT2D eigenvalue weighted by Crippen LogP contribution is -2.42. The number of rotatable bonds is 4. The molecule has 0 heterocycles. The molecule has 0 spiro atoms. The first kappa shape index (κ1) is 14.4. The highest BCUT2D eigenvalue weighted by Gasteiger charge is 2.47. The molecular formula is C15H19BrO3. The fourth-order valence-electron chi connectivity index (χ4n) is 2.58. The molecule has 1 aromatic carbocycles. The fourth-order valence-corrected chi connectivity index (χ4v) is 3.35. The molecule has 0 aliphatic heterocycles. The largest absolute Gasteiger partial charge is 0.496 e. The van der Waals surface area contributed by atoms with Crippen LogP contribution in [0.2, 0.25) is 0 Å². The molecule has 19 heavy (non-hydrogen) atoms. The maximum absolute atomic E-state index is 11.7. The molecule has 1 fully saturated rings. The number of aliphatic carboxylic acids is 1. The van der Waals surface area contributed by atoms with Gasteiger partial charge >= 0.3 is 5.97 Å². The lowest BCUT2D eigenvalue weighted by atomic mass is 9.64. The van der Waals surface area contributed by atoms with Crippen molar-refractivity contribution in [1.29, 1.82) is 0 Å². The Bertz CT molecular complexity index is 504. The third-order valence-electron chi connectivity index (χ3n) is 4.08. The second-order valence-corrected chi connectivity index (χ2v) is 6.27. The zero-order valence-corrected chi connectivity index (χ0v) is 13.1. The first-order valence-corrected chi connectivity index (χ1v) is 7.33. The Hall–Kier alpha value is -1.03. The lowest BCUT2D eigenvalue weighted by molar-refractivity contribution is -0.147. The third kappa shape index (κ3) is 2.27. The molecule has 2 rings (SSSR count). The van der Waals surface area contributed by atoms with E-state index in [9.17, 15) is 9.90 Å². The highest BCUT2D eigenvalue weighted by Crippen LogP contribution is 2.49. The molecule has 1 saturated carbocycles. The summed E-state index contributed by atoms with van der Waals surface area (Å²) in [6.45, 7) is 4.20. The van der Waals surface area contributed by atoms with Crippen LogP contribution in [-0.4, -0.2) is 18.2 Å². The number of hydrogen-bond acceptors (Lipinski definition) is 2. The molecule has 1 aromatic rings. The van der Waals surface area contributed by atoms with Gasteiger partial charge in [0.2, 0.25) is 0 Å². The van der Waals surface area contributed by atoms with Crippen molar-refractivity contribution in [2.45, 2.75) is 44.4 Å². The van der Waals surface area contributed by atoms with Crippen LogP contribution < -0.4 is 4.74 Å². The van der Waals surface area contributed by atoms with Gasteiger partial charge in [-0.1, -0.05) is 26.3 Å². The molecule has 0 saturated heterocycles. The zero-order valence-electron chi connectivity index (χ0n) is 11.5. The van der Waals surface area contributed by atoms with Gasteiger partial charge in [0.25, 0.3) is 0 Å². The molecule has 0 amide bonds. The van der Waals surface area contributed by atoms with Gasteiger partial charge in [-0.2, -0.15) is 0 Å². The SMILES string of the molecule is COc1cc(C(C)C)cc(C2(C(=O)O)CCC2)c1Br. The monoisotopic (exact) mass is 326 g/mol. The Morgan fingerprint density at radius 1 is 1.42 bits per heavy atom. The molecule has 1 aliphatic carbocycles. The lowest BCUT2D eigenvalue weighted by Gasteiger charge is -2.39. The van der Waals surface area contributed by atoms with Crippen molar-refractivity contribution < 1.29 is 14.6 Å². The van der Waals surface area contributed by atoms with Gasteiger partial charge in [-0.05, 0) is 51.9 Å². The van der Waals surface area contributed by atoms with Crippen LogP contribution in [0, 0.1) is 0 Å². The van der Waals surface area contributed by atoms with Gasteiger partial charge in [-0.15, -0.1) is 0 Å². The predicted octanol–water partition coefficient (Wildman–Crippen LogP) is 4.09. The maximum atomic E-state index is 11.7. The summed E-state index contributed by atoms with van der Waals surface area (Å²) in [4.78, 5) is 11.7. The van der Waals surface area contributed by atoms with E-state index >= 15 is 0 Å². The normalized spacial score (nSPS) is 17.1. The van der Waals surface area contributed by atoms with Crippen molar-refractivity contribution >= 4 is 21.9 Å². The molecule has 1 aliphatic rings. The van der Waals surface area contributed by atoms with Crippen molar-refractivity contribution in [2.24, 2.45) is 0 Å². The van der Waals surface area contributed by atoms with E-state index in [2.05, 4.69) is 29.8 Å². The van der Waals surface area contributed by atoms with Crippen LogP contribution in [-0.2, 0) is 10.2 Å². The number of carboxylic acids is 1. The number of benzene rings is 1. The second kappa shape index (κ2) is 5.16. The number of hydrogen-bond donors (Lipinski definition) is 1. The summed E-state index contributed by atoms with van der Waals surface area (Å²) in [5.74, 6) is 0.322. The summed E-state index contributed by atoms with van der Waals surface area (Å²) >= 11 is 3.52. The topological polar surface area (TPSA) is 46.5 Å². The first-order chi connectivity index (χ1) is 8.92. The number of halogens is 1. The van der Waals surface area contributed by atoms with Crippen molar-refractivity contribution in [3.05, 3.63) is 27.7 Å². The Balaban J connectivity index is 2.61. The minimum Gasteiger partial charge on any atom is -0.496 e. The maximum Gasteiger partial charge on any atom is 0.314 e. The van der Waals surface area contributed by atoms with E-state index in [-0.39, 0.29) is 0 Å². The second-order valence-electron chi connectivity index (χ2n) is 5.48.